The monoisotopic (exact) mass is 368 g/mol. The smallest absolute Gasteiger partial charge is 0.307 e. The molecule has 142 valence electrons. The fraction of sp³-hybridized carbons (Fsp3) is 0.381. The van der Waals surface area contributed by atoms with Gasteiger partial charge in [0.05, 0.1) is 19.4 Å². The van der Waals surface area contributed by atoms with Crippen molar-refractivity contribution in [2.24, 2.45) is 5.92 Å². The number of aromatic nitrogens is 1. The van der Waals surface area contributed by atoms with Crippen LogP contribution in [0.2, 0.25) is 0 Å². The van der Waals surface area contributed by atoms with E-state index in [1.807, 2.05) is 36.4 Å². The second kappa shape index (κ2) is 7.78. The molecule has 1 aromatic heterocycles. The van der Waals surface area contributed by atoms with E-state index in [0.29, 0.717) is 13.1 Å². The summed E-state index contributed by atoms with van der Waals surface area (Å²) in [6.07, 6.45) is 3.54. The molecule has 27 heavy (non-hydrogen) atoms. The van der Waals surface area contributed by atoms with Gasteiger partial charge in [-0.25, -0.2) is 0 Å². The molecule has 6 heteroatoms. The molecule has 6 nitrogen and oxygen atoms in total. The van der Waals surface area contributed by atoms with E-state index in [1.165, 1.54) is 0 Å². The van der Waals surface area contributed by atoms with Crippen molar-refractivity contribution in [2.75, 3.05) is 7.11 Å². The summed E-state index contributed by atoms with van der Waals surface area (Å²) in [5.74, 6) is -0.242. The molecule has 0 saturated carbocycles. The average Bonchev–Trinajstić information content (AvgIpc) is 2.94. The summed E-state index contributed by atoms with van der Waals surface area (Å²) in [5, 5.41) is 0. The first kappa shape index (κ1) is 18.9. The van der Waals surface area contributed by atoms with Crippen molar-refractivity contribution in [1.29, 1.82) is 0 Å². The maximum absolute atomic E-state index is 13.3. The highest BCUT2D eigenvalue weighted by Crippen LogP contribution is 2.35. The van der Waals surface area contributed by atoms with Crippen LogP contribution in [0.25, 0.3) is 0 Å². The van der Waals surface area contributed by atoms with Crippen molar-refractivity contribution in [3.8, 4) is 5.75 Å². The summed E-state index contributed by atoms with van der Waals surface area (Å²) in [6.45, 7) is 4.33. The minimum absolute atomic E-state index is 0.0985. The van der Waals surface area contributed by atoms with Crippen LogP contribution in [0.1, 0.15) is 31.4 Å². The first-order chi connectivity index (χ1) is 12.9. The predicted octanol–water partition coefficient (Wildman–Crippen LogP) is 2.96. The van der Waals surface area contributed by atoms with E-state index in [1.54, 1.807) is 38.3 Å². The van der Waals surface area contributed by atoms with Crippen molar-refractivity contribution in [3.63, 3.8) is 0 Å². The van der Waals surface area contributed by atoms with Gasteiger partial charge in [-0.1, -0.05) is 24.3 Å². The zero-order valence-corrected chi connectivity index (χ0v) is 15.8. The summed E-state index contributed by atoms with van der Waals surface area (Å²) < 4.78 is 10.8. The maximum Gasteiger partial charge on any atom is 0.307 e. The van der Waals surface area contributed by atoms with Gasteiger partial charge in [-0.05, 0) is 31.5 Å². The highest BCUT2D eigenvalue weighted by atomic mass is 16.6. The van der Waals surface area contributed by atoms with E-state index in [2.05, 4.69) is 4.98 Å². The maximum atomic E-state index is 13.3. The van der Waals surface area contributed by atoms with E-state index in [-0.39, 0.29) is 18.3 Å². The van der Waals surface area contributed by atoms with Gasteiger partial charge >= 0.3 is 5.97 Å². The van der Waals surface area contributed by atoms with Gasteiger partial charge in [-0.2, -0.15) is 0 Å². The number of amides is 1. The molecule has 0 spiro atoms. The Labute approximate surface area is 159 Å². The number of pyridine rings is 1. The number of methoxy groups -OCH3 is 1. The van der Waals surface area contributed by atoms with Crippen LogP contribution in [0, 0.1) is 5.92 Å². The Morgan fingerprint density at radius 1 is 1.26 bits per heavy atom. The molecule has 1 aliphatic rings. The lowest BCUT2D eigenvalue weighted by Gasteiger charge is -2.31. The van der Waals surface area contributed by atoms with Crippen LogP contribution < -0.4 is 4.74 Å². The van der Waals surface area contributed by atoms with Gasteiger partial charge in [0.1, 0.15) is 11.4 Å². The summed E-state index contributed by atoms with van der Waals surface area (Å²) in [4.78, 5) is 31.0. The van der Waals surface area contributed by atoms with Gasteiger partial charge < -0.3 is 14.4 Å². The fourth-order valence-electron chi connectivity index (χ4n) is 3.39. The van der Waals surface area contributed by atoms with Gasteiger partial charge in [0.2, 0.25) is 5.91 Å². The minimum Gasteiger partial charge on any atom is -0.496 e. The third-order valence-corrected chi connectivity index (χ3v) is 4.85. The van der Waals surface area contributed by atoms with Crippen LogP contribution in [0.3, 0.4) is 0 Å². The average molecular weight is 368 g/mol. The van der Waals surface area contributed by atoms with Crippen LogP contribution >= 0.6 is 0 Å². The summed E-state index contributed by atoms with van der Waals surface area (Å²) in [6, 6.07) is 11.4. The Kier molecular flexibility index (Phi) is 5.44. The third kappa shape index (κ3) is 4.27. The first-order valence-corrected chi connectivity index (χ1v) is 8.92. The van der Waals surface area contributed by atoms with Crippen molar-refractivity contribution >= 4 is 11.9 Å². The van der Waals surface area contributed by atoms with Crippen LogP contribution in [0.4, 0.5) is 0 Å². The molecule has 1 atom stereocenters. The topological polar surface area (TPSA) is 68.7 Å². The van der Waals surface area contributed by atoms with Gasteiger partial charge in [-0.15, -0.1) is 0 Å². The number of carbonyl (C=O) groups excluding carboxylic acids is 2. The molecule has 1 fully saturated rings. The number of cyclic esters (lactones) is 1. The highest BCUT2D eigenvalue weighted by Gasteiger charge is 2.47. The normalized spacial score (nSPS) is 18.0. The molecule has 2 aromatic rings. The molecule has 1 aliphatic heterocycles. The summed E-state index contributed by atoms with van der Waals surface area (Å²) in [7, 11) is 1.61. The van der Waals surface area contributed by atoms with Gasteiger partial charge in [0.15, 0.2) is 0 Å². The second-order valence-corrected chi connectivity index (χ2v) is 7.20. The standard InChI is InChI=1S/C21H24N2O4/c1-21(2)17(11-19(24)27-21)20(25)23(13-15-7-6-10-22-12-15)14-16-8-4-5-9-18(16)26-3/h4-10,12,17H,11,13-14H2,1-3H3. The van der Waals surface area contributed by atoms with E-state index in [9.17, 15) is 9.59 Å². The van der Waals surface area contributed by atoms with E-state index in [0.717, 1.165) is 16.9 Å². The van der Waals surface area contributed by atoms with Gasteiger partial charge in [-0.3, -0.25) is 14.6 Å². The van der Waals surface area contributed by atoms with Crippen molar-refractivity contribution in [2.45, 2.75) is 39.0 Å². The second-order valence-electron chi connectivity index (χ2n) is 7.20. The highest BCUT2D eigenvalue weighted by molar-refractivity contribution is 5.87. The lowest BCUT2D eigenvalue weighted by molar-refractivity contribution is -0.149. The van der Waals surface area contributed by atoms with E-state index in [4.69, 9.17) is 9.47 Å². The number of hydrogen-bond acceptors (Lipinski definition) is 5. The van der Waals surface area contributed by atoms with Crippen LogP contribution in [0.15, 0.2) is 48.8 Å². The van der Waals surface area contributed by atoms with Crippen molar-refractivity contribution < 1.29 is 19.1 Å². The molecule has 2 heterocycles. The number of carbonyl (C=O) groups is 2. The van der Waals surface area contributed by atoms with Crippen molar-refractivity contribution in [1.82, 2.24) is 9.88 Å². The number of rotatable bonds is 6. The van der Waals surface area contributed by atoms with Crippen LogP contribution in [-0.2, 0) is 27.4 Å². The Balaban J connectivity index is 1.89. The Morgan fingerprint density at radius 2 is 2.04 bits per heavy atom. The molecular formula is C21H24N2O4. The molecule has 3 rings (SSSR count). The number of ether oxygens (including phenoxy) is 2. The molecule has 0 N–H and O–H groups in total. The molecule has 1 unspecified atom stereocenters. The molecule has 0 bridgehead atoms. The van der Waals surface area contributed by atoms with E-state index < -0.39 is 11.5 Å². The molecule has 1 saturated heterocycles. The Morgan fingerprint density at radius 3 is 2.67 bits per heavy atom. The lowest BCUT2D eigenvalue weighted by Crippen LogP contribution is -2.42. The number of para-hydroxylation sites is 1. The van der Waals surface area contributed by atoms with Gasteiger partial charge in [0.25, 0.3) is 0 Å². The van der Waals surface area contributed by atoms with E-state index >= 15 is 0 Å². The molecular weight excluding hydrogens is 344 g/mol. The quantitative estimate of drug-likeness (QED) is 0.733. The summed E-state index contributed by atoms with van der Waals surface area (Å²) >= 11 is 0. The number of nitrogens with zero attached hydrogens (tertiary/aromatic N) is 2. The van der Waals surface area contributed by atoms with Crippen LogP contribution in [0.5, 0.6) is 5.75 Å². The van der Waals surface area contributed by atoms with Gasteiger partial charge in [0, 0.05) is 31.0 Å². The summed E-state index contributed by atoms with van der Waals surface area (Å²) in [5.41, 5.74) is 1.01. The lowest BCUT2D eigenvalue weighted by atomic mass is 9.89. The van der Waals surface area contributed by atoms with Crippen LogP contribution in [-0.4, -0.2) is 34.5 Å². The molecule has 1 aromatic carbocycles. The fourth-order valence-corrected chi connectivity index (χ4v) is 3.39. The zero-order chi connectivity index (χ0) is 19.4. The first-order valence-electron chi connectivity index (χ1n) is 8.92. The molecule has 0 radical (unpaired) electrons. The zero-order valence-electron chi connectivity index (χ0n) is 15.8. The third-order valence-electron chi connectivity index (χ3n) is 4.85. The minimum atomic E-state index is -0.817. The predicted molar refractivity (Wildman–Crippen MR) is 99.8 cm³/mol. The van der Waals surface area contributed by atoms with Crippen molar-refractivity contribution in [3.05, 3.63) is 59.9 Å². The Hall–Kier alpha value is -2.89. The Bertz CT molecular complexity index is 820. The SMILES string of the molecule is COc1ccccc1CN(Cc1cccnc1)C(=O)C1CC(=O)OC1(C)C. The number of benzene rings is 1. The molecule has 0 aliphatic carbocycles. The molecule has 1 amide bonds. The number of esters is 1. The largest absolute Gasteiger partial charge is 0.496 e. The number of hydrogen-bond donors (Lipinski definition) is 0.